The second-order valence-electron chi connectivity index (χ2n) is 5.30. The highest BCUT2D eigenvalue weighted by atomic mass is 35.5. The van der Waals surface area contributed by atoms with Crippen LogP contribution in [0.15, 0.2) is 72.8 Å². The molecule has 0 spiro atoms. The monoisotopic (exact) mass is 338 g/mol. The number of carboxylic acids is 1. The van der Waals surface area contributed by atoms with E-state index in [0.29, 0.717) is 22.9 Å². The van der Waals surface area contributed by atoms with E-state index >= 15 is 0 Å². The van der Waals surface area contributed by atoms with E-state index in [1.54, 1.807) is 36.4 Å². The molecule has 0 bridgehead atoms. The molecule has 3 nitrogen and oxygen atoms in total. The lowest BCUT2D eigenvalue weighted by Gasteiger charge is -2.11. The number of hydrogen-bond acceptors (Lipinski definition) is 2. The van der Waals surface area contributed by atoms with Gasteiger partial charge in [0.2, 0.25) is 0 Å². The first-order chi connectivity index (χ1) is 11.6. The van der Waals surface area contributed by atoms with Gasteiger partial charge in [-0.3, -0.25) is 0 Å². The van der Waals surface area contributed by atoms with Crippen molar-refractivity contribution >= 4 is 17.6 Å². The van der Waals surface area contributed by atoms with Crippen molar-refractivity contribution in [1.29, 1.82) is 0 Å². The number of halogens is 1. The van der Waals surface area contributed by atoms with Crippen molar-refractivity contribution in [2.75, 3.05) is 0 Å². The van der Waals surface area contributed by atoms with Crippen molar-refractivity contribution in [2.24, 2.45) is 0 Å². The van der Waals surface area contributed by atoms with Gasteiger partial charge < -0.3 is 9.84 Å². The summed E-state index contributed by atoms with van der Waals surface area (Å²) >= 11 is 6.00. The molecule has 0 aliphatic heterocycles. The summed E-state index contributed by atoms with van der Waals surface area (Å²) in [5.74, 6) is -0.489. The fourth-order valence-corrected chi connectivity index (χ4v) is 2.63. The maximum atomic E-state index is 11.6. The lowest BCUT2D eigenvalue weighted by atomic mass is 9.99. The summed E-state index contributed by atoms with van der Waals surface area (Å²) in [7, 11) is 0. The van der Waals surface area contributed by atoms with E-state index in [1.165, 1.54) is 0 Å². The van der Waals surface area contributed by atoms with Crippen molar-refractivity contribution in [1.82, 2.24) is 0 Å². The average molecular weight is 339 g/mol. The summed E-state index contributed by atoms with van der Waals surface area (Å²) in [6.45, 7) is 0.385. The van der Waals surface area contributed by atoms with Gasteiger partial charge in [0.1, 0.15) is 12.4 Å². The summed E-state index contributed by atoms with van der Waals surface area (Å²) in [6.07, 6.45) is 0. The third-order valence-electron chi connectivity index (χ3n) is 3.61. The molecule has 0 radical (unpaired) electrons. The van der Waals surface area contributed by atoms with Crippen LogP contribution in [0.4, 0.5) is 0 Å². The van der Waals surface area contributed by atoms with Crippen molar-refractivity contribution in [3.63, 3.8) is 0 Å². The Balaban J connectivity index is 1.89. The van der Waals surface area contributed by atoms with Crippen LogP contribution in [0.25, 0.3) is 11.1 Å². The van der Waals surface area contributed by atoms with Gasteiger partial charge in [0, 0.05) is 5.02 Å². The quantitative estimate of drug-likeness (QED) is 0.688. The number of carboxylic acid groups (broad SMARTS) is 1. The third-order valence-corrected chi connectivity index (χ3v) is 3.84. The summed E-state index contributed by atoms with van der Waals surface area (Å²) in [4.78, 5) is 11.6. The maximum absolute atomic E-state index is 11.6. The van der Waals surface area contributed by atoms with Crippen LogP contribution in [0.3, 0.4) is 0 Å². The van der Waals surface area contributed by atoms with Gasteiger partial charge in [-0.25, -0.2) is 4.79 Å². The molecular formula is C20H15ClO3. The molecule has 0 aliphatic rings. The zero-order valence-electron chi connectivity index (χ0n) is 12.8. The van der Waals surface area contributed by atoms with E-state index in [0.717, 1.165) is 11.1 Å². The molecule has 24 heavy (non-hydrogen) atoms. The Labute approximate surface area is 145 Å². The molecule has 120 valence electrons. The van der Waals surface area contributed by atoms with E-state index in [-0.39, 0.29) is 5.56 Å². The van der Waals surface area contributed by atoms with Gasteiger partial charge in [-0.15, -0.1) is 0 Å². The van der Waals surface area contributed by atoms with Crippen LogP contribution in [0.2, 0.25) is 5.02 Å². The Morgan fingerprint density at radius 2 is 1.75 bits per heavy atom. The van der Waals surface area contributed by atoms with Crippen LogP contribution >= 0.6 is 11.6 Å². The van der Waals surface area contributed by atoms with E-state index in [2.05, 4.69) is 0 Å². The highest BCUT2D eigenvalue weighted by Crippen LogP contribution is 2.29. The molecule has 0 fully saturated rings. The number of rotatable bonds is 5. The first-order valence-electron chi connectivity index (χ1n) is 7.43. The molecule has 1 N–H and O–H groups in total. The summed E-state index contributed by atoms with van der Waals surface area (Å²) in [5.41, 5.74) is 2.57. The topological polar surface area (TPSA) is 46.5 Å². The molecule has 0 unspecified atom stereocenters. The van der Waals surface area contributed by atoms with Crippen molar-refractivity contribution in [3.8, 4) is 16.9 Å². The molecule has 0 saturated heterocycles. The van der Waals surface area contributed by atoms with E-state index < -0.39 is 5.97 Å². The first-order valence-corrected chi connectivity index (χ1v) is 7.81. The van der Waals surface area contributed by atoms with Gasteiger partial charge in [-0.2, -0.15) is 0 Å². The van der Waals surface area contributed by atoms with Crippen LogP contribution in [0, 0.1) is 0 Å². The maximum Gasteiger partial charge on any atom is 0.336 e. The lowest BCUT2D eigenvalue weighted by Crippen LogP contribution is -2.02. The minimum absolute atomic E-state index is 0.183. The van der Waals surface area contributed by atoms with Crippen LogP contribution in [0.5, 0.6) is 5.75 Å². The van der Waals surface area contributed by atoms with Crippen LogP contribution in [-0.2, 0) is 6.61 Å². The predicted molar refractivity (Wildman–Crippen MR) is 94.6 cm³/mol. The molecule has 0 atom stereocenters. The van der Waals surface area contributed by atoms with Gasteiger partial charge >= 0.3 is 5.97 Å². The largest absolute Gasteiger partial charge is 0.489 e. The molecular weight excluding hydrogens is 324 g/mol. The molecule has 0 aliphatic carbocycles. The van der Waals surface area contributed by atoms with E-state index in [4.69, 9.17) is 16.3 Å². The smallest absolute Gasteiger partial charge is 0.336 e. The third kappa shape index (κ3) is 3.76. The fraction of sp³-hybridized carbons (Fsp3) is 0.0500. The Morgan fingerprint density at radius 1 is 0.958 bits per heavy atom. The number of ether oxygens (including phenoxy) is 1. The lowest BCUT2D eigenvalue weighted by molar-refractivity contribution is 0.0697. The highest BCUT2D eigenvalue weighted by Gasteiger charge is 2.13. The SMILES string of the molecule is O=C(O)c1cc(OCc2ccccc2)ccc1-c1cccc(Cl)c1. The van der Waals surface area contributed by atoms with Gasteiger partial charge in [-0.1, -0.05) is 54.1 Å². The molecule has 3 aromatic rings. The minimum atomic E-state index is -1.00. The molecule has 0 aromatic heterocycles. The Morgan fingerprint density at radius 3 is 2.46 bits per heavy atom. The molecule has 0 heterocycles. The van der Waals surface area contributed by atoms with Crippen LogP contribution in [0.1, 0.15) is 15.9 Å². The van der Waals surface area contributed by atoms with Crippen LogP contribution in [-0.4, -0.2) is 11.1 Å². The Kier molecular flexibility index (Phi) is 4.82. The van der Waals surface area contributed by atoms with Gasteiger partial charge in [0.15, 0.2) is 0 Å². The standard InChI is InChI=1S/C20H15ClO3/c21-16-8-4-7-15(11-16)18-10-9-17(12-19(18)20(22)23)24-13-14-5-2-1-3-6-14/h1-12H,13H2,(H,22,23). The zero-order valence-corrected chi connectivity index (χ0v) is 13.5. The number of hydrogen-bond donors (Lipinski definition) is 1. The second-order valence-corrected chi connectivity index (χ2v) is 5.73. The Bertz CT molecular complexity index is 860. The first kappa shape index (κ1) is 16.1. The average Bonchev–Trinajstić information content (AvgIpc) is 2.60. The van der Waals surface area contributed by atoms with Gasteiger partial charge in [-0.05, 0) is 47.0 Å². The highest BCUT2D eigenvalue weighted by molar-refractivity contribution is 6.30. The molecule has 3 rings (SSSR count). The molecule has 3 aromatic carbocycles. The summed E-state index contributed by atoms with van der Waals surface area (Å²) < 4.78 is 5.71. The zero-order chi connectivity index (χ0) is 16.9. The number of aromatic carboxylic acids is 1. The van der Waals surface area contributed by atoms with Crippen molar-refractivity contribution < 1.29 is 14.6 Å². The van der Waals surface area contributed by atoms with Crippen molar-refractivity contribution in [3.05, 3.63) is 88.9 Å². The summed E-state index contributed by atoms with van der Waals surface area (Å²) in [6, 6.07) is 21.9. The molecule has 0 amide bonds. The van der Waals surface area contributed by atoms with Gasteiger partial charge in [0.25, 0.3) is 0 Å². The second kappa shape index (κ2) is 7.20. The van der Waals surface area contributed by atoms with Gasteiger partial charge in [0.05, 0.1) is 5.56 Å². The molecule has 0 saturated carbocycles. The molecule has 4 heteroatoms. The van der Waals surface area contributed by atoms with Crippen LogP contribution < -0.4 is 4.74 Å². The number of benzene rings is 3. The normalized spacial score (nSPS) is 10.4. The summed E-state index contributed by atoms with van der Waals surface area (Å²) in [5, 5.41) is 10.1. The van der Waals surface area contributed by atoms with Crippen molar-refractivity contribution in [2.45, 2.75) is 6.61 Å². The fourth-order valence-electron chi connectivity index (χ4n) is 2.44. The Hall–Kier alpha value is -2.78. The predicted octanol–water partition coefficient (Wildman–Crippen LogP) is 5.28. The van der Waals surface area contributed by atoms with E-state index in [9.17, 15) is 9.90 Å². The van der Waals surface area contributed by atoms with E-state index in [1.807, 2.05) is 36.4 Å². The number of carbonyl (C=O) groups is 1. The minimum Gasteiger partial charge on any atom is -0.489 e.